The van der Waals surface area contributed by atoms with E-state index in [-0.39, 0.29) is 5.75 Å². The standard InChI is InChI=1S/C10H9ClO2S/c1-13-8-5-14-10-7(12)3-2-6(4-11)9(8)10/h2-3,5,12H,4H2,1H3. The molecule has 0 bridgehead atoms. The highest BCUT2D eigenvalue weighted by atomic mass is 35.5. The van der Waals surface area contributed by atoms with Gasteiger partial charge in [-0.05, 0) is 11.6 Å². The van der Waals surface area contributed by atoms with E-state index in [1.807, 2.05) is 11.4 Å². The normalized spacial score (nSPS) is 10.7. The van der Waals surface area contributed by atoms with Gasteiger partial charge in [-0.15, -0.1) is 22.9 Å². The van der Waals surface area contributed by atoms with Gasteiger partial charge < -0.3 is 9.84 Å². The van der Waals surface area contributed by atoms with Crippen molar-refractivity contribution in [3.63, 3.8) is 0 Å². The van der Waals surface area contributed by atoms with E-state index in [9.17, 15) is 5.11 Å². The quantitative estimate of drug-likeness (QED) is 0.799. The van der Waals surface area contributed by atoms with Crippen LogP contribution in [-0.2, 0) is 5.88 Å². The number of benzene rings is 1. The van der Waals surface area contributed by atoms with Crippen molar-refractivity contribution in [2.24, 2.45) is 0 Å². The number of rotatable bonds is 2. The third-order valence-corrected chi connectivity index (χ3v) is 3.39. The first-order chi connectivity index (χ1) is 6.77. The van der Waals surface area contributed by atoms with Crippen LogP contribution in [0.5, 0.6) is 11.5 Å². The van der Waals surface area contributed by atoms with Crippen LogP contribution in [0.3, 0.4) is 0 Å². The number of aromatic hydroxyl groups is 1. The van der Waals surface area contributed by atoms with Gasteiger partial charge in [0.05, 0.1) is 11.8 Å². The van der Waals surface area contributed by atoms with Crippen LogP contribution < -0.4 is 4.74 Å². The van der Waals surface area contributed by atoms with Crippen molar-refractivity contribution in [1.82, 2.24) is 0 Å². The molecule has 1 aromatic carbocycles. The summed E-state index contributed by atoms with van der Waals surface area (Å²) in [6, 6.07) is 3.48. The van der Waals surface area contributed by atoms with E-state index in [1.165, 1.54) is 11.3 Å². The Morgan fingerprint density at radius 3 is 2.93 bits per heavy atom. The van der Waals surface area contributed by atoms with Crippen LogP contribution in [0.4, 0.5) is 0 Å². The second kappa shape index (κ2) is 3.67. The molecule has 0 fully saturated rings. The summed E-state index contributed by atoms with van der Waals surface area (Å²) in [5.41, 5.74) is 0.984. The van der Waals surface area contributed by atoms with Crippen molar-refractivity contribution < 1.29 is 9.84 Å². The SMILES string of the molecule is COc1csc2c(O)ccc(CCl)c12. The average Bonchev–Trinajstić information content (AvgIpc) is 2.63. The fraction of sp³-hybridized carbons (Fsp3) is 0.200. The summed E-state index contributed by atoms with van der Waals surface area (Å²) in [6.45, 7) is 0. The Hall–Kier alpha value is -0.930. The number of ether oxygens (including phenoxy) is 1. The second-order valence-corrected chi connectivity index (χ2v) is 4.03. The number of hydrogen-bond donors (Lipinski definition) is 1. The van der Waals surface area contributed by atoms with Crippen LogP contribution >= 0.6 is 22.9 Å². The molecule has 1 N–H and O–H groups in total. The van der Waals surface area contributed by atoms with Crippen molar-refractivity contribution in [3.8, 4) is 11.5 Å². The summed E-state index contributed by atoms with van der Waals surface area (Å²) in [5.74, 6) is 1.47. The molecular weight excluding hydrogens is 220 g/mol. The molecule has 74 valence electrons. The highest BCUT2D eigenvalue weighted by Crippen LogP contribution is 2.40. The van der Waals surface area contributed by atoms with Gasteiger partial charge in [-0.1, -0.05) is 6.07 Å². The Balaban J connectivity index is 2.82. The molecule has 4 heteroatoms. The van der Waals surface area contributed by atoms with E-state index < -0.39 is 0 Å². The molecule has 2 nitrogen and oxygen atoms in total. The predicted octanol–water partition coefficient (Wildman–Crippen LogP) is 3.35. The maximum absolute atomic E-state index is 9.61. The number of alkyl halides is 1. The Bertz CT molecular complexity index is 464. The molecule has 0 saturated heterocycles. The fourth-order valence-electron chi connectivity index (χ4n) is 1.43. The minimum atomic E-state index is 0.280. The van der Waals surface area contributed by atoms with Crippen LogP contribution in [-0.4, -0.2) is 12.2 Å². The zero-order valence-electron chi connectivity index (χ0n) is 7.58. The smallest absolute Gasteiger partial charge is 0.137 e. The molecule has 2 aromatic rings. The highest BCUT2D eigenvalue weighted by molar-refractivity contribution is 7.18. The third kappa shape index (κ3) is 1.33. The van der Waals surface area contributed by atoms with Crippen molar-refractivity contribution in [2.75, 3.05) is 7.11 Å². The minimum Gasteiger partial charge on any atom is -0.506 e. The largest absolute Gasteiger partial charge is 0.506 e. The average molecular weight is 229 g/mol. The van der Waals surface area contributed by atoms with Crippen molar-refractivity contribution in [3.05, 3.63) is 23.1 Å². The summed E-state index contributed by atoms with van der Waals surface area (Å²) in [7, 11) is 1.61. The van der Waals surface area contributed by atoms with Crippen LogP contribution in [0.1, 0.15) is 5.56 Å². The number of hydrogen-bond acceptors (Lipinski definition) is 3. The molecule has 0 spiro atoms. The molecule has 1 heterocycles. The first-order valence-corrected chi connectivity index (χ1v) is 5.51. The number of halogens is 1. The molecule has 14 heavy (non-hydrogen) atoms. The van der Waals surface area contributed by atoms with Gasteiger partial charge in [-0.25, -0.2) is 0 Å². The Labute approximate surface area is 90.7 Å². The lowest BCUT2D eigenvalue weighted by atomic mass is 10.1. The molecule has 0 aliphatic heterocycles. The molecule has 1 aromatic heterocycles. The lowest BCUT2D eigenvalue weighted by Gasteiger charge is -2.03. The van der Waals surface area contributed by atoms with Crippen LogP contribution in [0, 0.1) is 0 Å². The summed E-state index contributed by atoms with van der Waals surface area (Å²) >= 11 is 7.27. The van der Waals surface area contributed by atoms with E-state index in [2.05, 4.69) is 0 Å². The molecule has 0 radical (unpaired) electrons. The molecule has 0 amide bonds. The molecular formula is C10H9ClO2S. The lowest BCUT2D eigenvalue weighted by Crippen LogP contribution is -1.84. The predicted molar refractivity (Wildman–Crippen MR) is 59.6 cm³/mol. The second-order valence-electron chi connectivity index (χ2n) is 2.89. The van der Waals surface area contributed by atoms with Gasteiger partial charge in [0.15, 0.2) is 0 Å². The summed E-state index contributed by atoms with van der Waals surface area (Å²) in [4.78, 5) is 0. The van der Waals surface area contributed by atoms with Gasteiger partial charge in [0.1, 0.15) is 11.5 Å². The third-order valence-electron chi connectivity index (χ3n) is 2.12. The Kier molecular flexibility index (Phi) is 2.52. The van der Waals surface area contributed by atoms with Gasteiger partial charge in [-0.2, -0.15) is 0 Å². The van der Waals surface area contributed by atoms with Gasteiger partial charge in [0.25, 0.3) is 0 Å². The van der Waals surface area contributed by atoms with E-state index in [0.717, 1.165) is 21.4 Å². The molecule has 0 aliphatic rings. The minimum absolute atomic E-state index is 0.280. The first kappa shape index (κ1) is 9.62. The van der Waals surface area contributed by atoms with Gasteiger partial charge in [0, 0.05) is 16.6 Å². The molecule has 2 rings (SSSR count). The van der Waals surface area contributed by atoms with E-state index in [4.69, 9.17) is 16.3 Å². The zero-order chi connectivity index (χ0) is 10.1. The summed E-state index contributed by atoms with van der Waals surface area (Å²) in [6.07, 6.45) is 0. The highest BCUT2D eigenvalue weighted by Gasteiger charge is 2.11. The van der Waals surface area contributed by atoms with E-state index >= 15 is 0 Å². The molecule has 0 saturated carbocycles. The summed E-state index contributed by atoms with van der Waals surface area (Å²) < 4.78 is 6.04. The maximum Gasteiger partial charge on any atom is 0.137 e. The van der Waals surface area contributed by atoms with Gasteiger partial charge in [-0.3, -0.25) is 0 Å². The van der Waals surface area contributed by atoms with Crippen molar-refractivity contribution in [1.29, 1.82) is 0 Å². The van der Waals surface area contributed by atoms with Crippen LogP contribution in [0.15, 0.2) is 17.5 Å². The first-order valence-electron chi connectivity index (χ1n) is 4.10. The van der Waals surface area contributed by atoms with Gasteiger partial charge >= 0.3 is 0 Å². The number of phenols is 1. The van der Waals surface area contributed by atoms with E-state index in [1.54, 1.807) is 13.2 Å². The number of fused-ring (bicyclic) bond motifs is 1. The topological polar surface area (TPSA) is 29.5 Å². The molecule has 0 unspecified atom stereocenters. The Morgan fingerprint density at radius 1 is 1.50 bits per heavy atom. The maximum atomic E-state index is 9.61. The fourth-order valence-corrected chi connectivity index (χ4v) is 2.63. The van der Waals surface area contributed by atoms with E-state index in [0.29, 0.717) is 5.88 Å². The number of methoxy groups -OCH3 is 1. The molecule has 0 aliphatic carbocycles. The number of phenolic OH excluding ortho intramolecular Hbond substituents is 1. The molecule has 0 atom stereocenters. The number of thiophene rings is 1. The monoisotopic (exact) mass is 228 g/mol. The Morgan fingerprint density at radius 2 is 2.29 bits per heavy atom. The van der Waals surface area contributed by atoms with Crippen LogP contribution in [0.2, 0.25) is 0 Å². The lowest BCUT2D eigenvalue weighted by molar-refractivity contribution is 0.421. The van der Waals surface area contributed by atoms with Gasteiger partial charge in [0.2, 0.25) is 0 Å². The summed E-state index contributed by atoms with van der Waals surface area (Å²) in [5, 5.41) is 12.4. The van der Waals surface area contributed by atoms with Crippen molar-refractivity contribution >= 4 is 33.0 Å². The van der Waals surface area contributed by atoms with Crippen LogP contribution in [0.25, 0.3) is 10.1 Å². The zero-order valence-corrected chi connectivity index (χ0v) is 9.15. The van der Waals surface area contributed by atoms with Crippen molar-refractivity contribution in [2.45, 2.75) is 5.88 Å².